The lowest BCUT2D eigenvalue weighted by Gasteiger charge is -2.29. The van der Waals surface area contributed by atoms with Crippen molar-refractivity contribution in [2.75, 3.05) is 20.8 Å². The number of carbonyl (C=O) groups excluding carboxylic acids is 2. The van der Waals surface area contributed by atoms with E-state index in [1.54, 1.807) is 24.3 Å². The second kappa shape index (κ2) is 12.4. The minimum atomic E-state index is -1.18. The van der Waals surface area contributed by atoms with E-state index in [2.05, 4.69) is 15.7 Å². The van der Waals surface area contributed by atoms with Gasteiger partial charge in [0.1, 0.15) is 29.9 Å². The van der Waals surface area contributed by atoms with Crippen molar-refractivity contribution in [3.05, 3.63) is 60.0 Å². The summed E-state index contributed by atoms with van der Waals surface area (Å²) in [6, 6.07) is 11.6. The first-order valence-electron chi connectivity index (χ1n) is 12.7. The second-order valence-corrected chi connectivity index (χ2v) is 9.30. The number of carbonyl (C=O) groups is 3. The number of carboxylic acid groups (broad SMARTS) is 1. The predicted molar refractivity (Wildman–Crippen MR) is 141 cm³/mol. The molecule has 2 amide bonds. The Kier molecular flexibility index (Phi) is 8.80. The molecule has 0 aliphatic heterocycles. The molecule has 0 radical (unpaired) electrons. The molecule has 10 nitrogen and oxygen atoms in total. The van der Waals surface area contributed by atoms with E-state index >= 15 is 0 Å². The van der Waals surface area contributed by atoms with Crippen molar-refractivity contribution in [2.45, 2.75) is 38.1 Å². The Bertz CT molecular complexity index is 1330. The van der Waals surface area contributed by atoms with Gasteiger partial charge in [-0.05, 0) is 55.2 Å². The number of amides is 2. The van der Waals surface area contributed by atoms with Crippen LogP contribution >= 0.6 is 0 Å². The van der Waals surface area contributed by atoms with E-state index in [9.17, 15) is 18.8 Å². The van der Waals surface area contributed by atoms with Gasteiger partial charge < -0.3 is 25.2 Å². The van der Waals surface area contributed by atoms with Gasteiger partial charge in [0.25, 0.3) is 5.91 Å². The van der Waals surface area contributed by atoms with Crippen LogP contribution in [-0.2, 0) is 9.59 Å². The van der Waals surface area contributed by atoms with Crippen LogP contribution in [0.1, 0.15) is 42.6 Å². The number of rotatable bonds is 10. The Labute approximate surface area is 225 Å². The van der Waals surface area contributed by atoms with Crippen LogP contribution in [0.5, 0.6) is 11.5 Å². The summed E-state index contributed by atoms with van der Waals surface area (Å²) >= 11 is 0. The maximum atomic E-state index is 14.2. The lowest BCUT2D eigenvalue weighted by atomic mass is 9.83. The second-order valence-electron chi connectivity index (χ2n) is 9.30. The minimum absolute atomic E-state index is 0.0194. The molecular weight excluding hydrogens is 507 g/mol. The summed E-state index contributed by atoms with van der Waals surface area (Å²) in [5, 5.41) is 18.7. The highest BCUT2D eigenvalue weighted by atomic mass is 19.1. The molecule has 39 heavy (non-hydrogen) atoms. The average Bonchev–Trinajstić information content (AvgIpc) is 3.39. The molecule has 3 aromatic rings. The summed E-state index contributed by atoms with van der Waals surface area (Å²) in [6.07, 6.45) is 4.32. The zero-order valence-electron chi connectivity index (χ0n) is 21.8. The third kappa shape index (κ3) is 6.36. The highest BCUT2D eigenvalue weighted by molar-refractivity contribution is 5.98. The zero-order chi connectivity index (χ0) is 27.9. The number of hydrogen-bond acceptors (Lipinski definition) is 6. The summed E-state index contributed by atoms with van der Waals surface area (Å²) < 4.78 is 26.7. The smallest absolute Gasteiger partial charge is 0.322 e. The fourth-order valence-electron chi connectivity index (χ4n) is 4.93. The van der Waals surface area contributed by atoms with Crippen molar-refractivity contribution in [3.8, 4) is 28.4 Å². The quantitative estimate of drug-likeness (QED) is 0.360. The number of benzene rings is 2. The van der Waals surface area contributed by atoms with E-state index in [1.807, 2.05) is 0 Å². The minimum Gasteiger partial charge on any atom is -0.496 e. The van der Waals surface area contributed by atoms with Crippen molar-refractivity contribution in [2.24, 2.45) is 5.92 Å². The number of nitrogens with zero attached hydrogens (tertiary/aromatic N) is 2. The molecular formula is C28H31FN4O6. The van der Waals surface area contributed by atoms with Gasteiger partial charge in [-0.15, -0.1) is 0 Å². The van der Waals surface area contributed by atoms with Crippen LogP contribution in [0.15, 0.2) is 48.5 Å². The third-order valence-corrected chi connectivity index (χ3v) is 6.78. The van der Waals surface area contributed by atoms with Gasteiger partial charge in [0.05, 0.1) is 31.2 Å². The van der Waals surface area contributed by atoms with Crippen molar-refractivity contribution in [1.29, 1.82) is 0 Å². The van der Waals surface area contributed by atoms with Gasteiger partial charge in [-0.3, -0.25) is 14.4 Å². The molecule has 1 aromatic heterocycles. The van der Waals surface area contributed by atoms with Crippen molar-refractivity contribution >= 4 is 17.8 Å². The SMILES string of the molecule is COc1cccc(OC)c1-c1cc(C(=O)N[C@H](C(=O)NCC(=O)O)C2CCCCC2)nn1-c1cccc(F)c1. The lowest BCUT2D eigenvalue weighted by Crippen LogP contribution is -2.52. The molecule has 1 atom stereocenters. The van der Waals surface area contributed by atoms with E-state index in [0.29, 0.717) is 28.4 Å². The molecule has 1 aliphatic carbocycles. The van der Waals surface area contributed by atoms with Crippen molar-refractivity contribution in [3.63, 3.8) is 0 Å². The average molecular weight is 539 g/mol. The third-order valence-electron chi connectivity index (χ3n) is 6.78. The summed E-state index contributed by atoms with van der Waals surface area (Å²) in [5.41, 5.74) is 1.25. The number of methoxy groups -OCH3 is 2. The summed E-state index contributed by atoms with van der Waals surface area (Å²) in [7, 11) is 3.00. The highest BCUT2D eigenvalue weighted by Gasteiger charge is 2.32. The molecule has 4 rings (SSSR count). The monoisotopic (exact) mass is 538 g/mol. The van der Waals surface area contributed by atoms with Gasteiger partial charge in [-0.25, -0.2) is 9.07 Å². The maximum Gasteiger partial charge on any atom is 0.322 e. The van der Waals surface area contributed by atoms with E-state index < -0.39 is 36.2 Å². The van der Waals surface area contributed by atoms with Gasteiger partial charge in [0.15, 0.2) is 5.69 Å². The number of halogens is 1. The first-order valence-corrected chi connectivity index (χ1v) is 12.7. The molecule has 0 unspecified atom stereocenters. The van der Waals surface area contributed by atoms with Crippen LogP contribution in [0.25, 0.3) is 16.9 Å². The van der Waals surface area contributed by atoms with Gasteiger partial charge >= 0.3 is 5.97 Å². The molecule has 0 saturated heterocycles. The molecule has 206 valence electrons. The number of carboxylic acids is 1. The van der Waals surface area contributed by atoms with Crippen molar-refractivity contribution < 1.29 is 33.4 Å². The van der Waals surface area contributed by atoms with Crippen LogP contribution < -0.4 is 20.1 Å². The Morgan fingerprint density at radius 1 is 1.05 bits per heavy atom. The van der Waals surface area contributed by atoms with Crippen LogP contribution in [-0.4, -0.2) is 59.5 Å². The van der Waals surface area contributed by atoms with Crippen LogP contribution in [0.2, 0.25) is 0 Å². The first-order chi connectivity index (χ1) is 18.8. The van der Waals surface area contributed by atoms with Crippen LogP contribution in [0, 0.1) is 11.7 Å². The summed E-state index contributed by atoms with van der Waals surface area (Å²) in [6.45, 7) is -0.552. The van der Waals surface area contributed by atoms with E-state index in [1.165, 1.54) is 43.2 Å². The van der Waals surface area contributed by atoms with E-state index in [-0.39, 0.29) is 11.6 Å². The molecule has 2 aromatic carbocycles. The molecule has 1 saturated carbocycles. The van der Waals surface area contributed by atoms with Crippen LogP contribution in [0.3, 0.4) is 0 Å². The van der Waals surface area contributed by atoms with E-state index in [0.717, 1.165) is 32.1 Å². The Morgan fingerprint density at radius 2 is 1.72 bits per heavy atom. The van der Waals surface area contributed by atoms with Crippen molar-refractivity contribution in [1.82, 2.24) is 20.4 Å². The molecule has 1 aliphatic rings. The molecule has 11 heteroatoms. The Hall–Kier alpha value is -4.41. The molecule has 0 spiro atoms. The molecule has 3 N–H and O–H groups in total. The number of hydrogen-bond donors (Lipinski definition) is 3. The summed E-state index contributed by atoms with van der Waals surface area (Å²) in [5.74, 6) is -2.09. The number of nitrogens with one attached hydrogen (secondary N) is 2. The molecule has 1 fully saturated rings. The fraction of sp³-hybridized carbons (Fsp3) is 0.357. The fourth-order valence-corrected chi connectivity index (χ4v) is 4.93. The standard InChI is InChI=1S/C28H31FN4O6/c1-38-22-12-7-13-23(39-2)25(22)21-15-20(32-33(21)19-11-6-10-18(29)14-19)27(36)31-26(17-8-4-3-5-9-17)28(37)30-16-24(34)35/h6-7,10-15,17,26H,3-5,8-9,16H2,1-2H3,(H,30,37)(H,31,36)(H,34,35)/t26-/m0/s1. The zero-order valence-corrected chi connectivity index (χ0v) is 21.8. The first kappa shape index (κ1) is 27.6. The highest BCUT2D eigenvalue weighted by Crippen LogP contribution is 2.39. The maximum absolute atomic E-state index is 14.2. The normalized spacial score (nSPS) is 14.3. The summed E-state index contributed by atoms with van der Waals surface area (Å²) in [4.78, 5) is 37.5. The van der Waals surface area contributed by atoms with Gasteiger partial charge in [-0.2, -0.15) is 5.10 Å². The Morgan fingerprint density at radius 3 is 2.33 bits per heavy atom. The van der Waals surface area contributed by atoms with Gasteiger partial charge in [0.2, 0.25) is 5.91 Å². The predicted octanol–water partition coefficient (Wildman–Crippen LogP) is 3.58. The number of aromatic nitrogens is 2. The Balaban J connectivity index is 1.75. The molecule has 0 bridgehead atoms. The van der Waals surface area contributed by atoms with E-state index in [4.69, 9.17) is 14.6 Å². The topological polar surface area (TPSA) is 132 Å². The largest absolute Gasteiger partial charge is 0.496 e. The lowest BCUT2D eigenvalue weighted by molar-refractivity contribution is -0.138. The number of ether oxygens (including phenoxy) is 2. The van der Waals surface area contributed by atoms with Crippen LogP contribution in [0.4, 0.5) is 4.39 Å². The van der Waals surface area contributed by atoms with Gasteiger partial charge in [-0.1, -0.05) is 31.4 Å². The molecule has 1 heterocycles. The number of aliphatic carboxylic acids is 1. The van der Waals surface area contributed by atoms with Gasteiger partial charge in [0, 0.05) is 0 Å².